The van der Waals surface area contributed by atoms with E-state index in [0.717, 1.165) is 19.3 Å². The van der Waals surface area contributed by atoms with Crippen LogP contribution in [0, 0.1) is 17.8 Å². The van der Waals surface area contributed by atoms with Gasteiger partial charge in [-0.15, -0.1) is 0 Å². The van der Waals surface area contributed by atoms with Crippen molar-refractivity contribution in [3.63, 3.8) is 0 Å². The molecule has 0 radical (unpaired) electrons. The third kappa shape index (κ3) is 1.98. The van der Waals surface area contributed by atoms with Crippen molar-refractivity contribution in [1.82, 2.24) is 0 Å². The highest BCUT2D eigenvalue weighted by atomic mass is 16.3. The number of hydrogen-bond acceptors (Lipinski definition) is 1. The van der Waals surface area contributed by atoms with E-state index in [1.807, 2.05) is 6.92 Å². The summed E-state index contributed by atoms with van der Waals surface area (Å²) in [5, 5.41) is 10.6. The van der Waals surface area contributed by atoms with Crippen LogP contribution in [0.5, 0.6) is 0 Å². The van der Waals surface area contributed by atoms with Crippen LogP contribution in [0.1, 0.15) is 47.0 Å². The van der Waals surface area contributed by atoms with Crippen LogP contribution in [0.2, 0.25) is 0 Å². The van der Waals surface area contributed by atoms with E-state index in [4.69, 9.17) is 0 Å². The molecule has 0 saturated carbocycles. The van der Waals surface area contributed by atoms with Crippen LogP contribution in [-0.4, -0.2) is 10.7 Å². The molecule has 1 nitrogen and oxygen atoms in total. The first-order valence-electron chi connectivity index (χ1n) is 6.51. The normalized spacial score (nSPS) is 39.1. The van der Waals surface area contributed by atoms with Gasteiger partial charge in [0.25, 0.3) is 0 Å². The molecule has 0 aliphatic heterocycles. The van der Waals surface area contributed by atoms with Crippen LogP contribution in [0.15, 0.2) is 23.3 Å². The highest BCUT2D eigenvalue weighted by Gasteiger charge is 2.41. The second-order valence-electron chi connectivity index (χ2n) is 6.07. The van der Waals surface area contributed by atoms with Gasteiger partial charge in [0.15, 0.2) is 0 Å². The lowest BCUT2D eigenvalue weighted by Crippen LogP contribution is -2.36. The molecule has 0 aromatic rings. The maximum absolute atomic E-state index is 10.6. The zero-order chi connectivity index (χ0) is 11.9. The van der Waals surface area contributed by atoms with Gasteiger partial charge >= 0.3 is 0 Å². The Bertz CT molecular complexity index is 333. The Morgan fingerprint density at radius 2 is 2.12 bits per heavy atom. The second kappa shape index (κ2) is 4.03. The van der Waals surface area contributed by atoms with Crippen molar-refractivity contribution >= 4 is 0 Å². The standard InChI is InChI=1S/C15H24O/c1-10(2)12-7-8-15(4,16)14-6-5-11(3)13(14)9-12/h5,9-10,13-14,16H,6-8H2,1-4H3/t13-,14-,15-/m1/s1. The van der Waals surface area contributed by atoms with Gasteiger partial charge in [-0.05, 0) is 39.0 Å². The molecule has 1 heteroatoms. The number of fused-ring (bicyclic) bond motifs is 1. The number of aliphatic hydroxyl groups is 1. The van der Waals surface area contributed by atoms with Gasteiger partial charge in [0.2, 0.25) is 0 Å². The smallest absolute Gasteiger partial charge is 0.0662 e. The largest absolute Gasteiger partial charge is 0.390 e. The Balaban J connectivity index is 2.33. The molecule has 0 amide bonds. The van der Waals surface area contributed by atoms with Gasteiger partial charge < -0.3 is 5.11 Å². The third-order valence-electron chi connectivity index (χ3n) is 4.51. The molecule has 0 bridgehead atoms. The maximum Gasteiger partial charge on any atom is 0.0662 e. The van der Waals surface area contributed by atoms with Gasteiger partial charge in [-0.1, -0.05) is 37.1 Å². The summed E-state index contributed by atoms with van der Waals surface area (Å²) in [7, 11) is 0. The van der Waals surface area contributed by atoms with Crippen molar-refractivity contribution in [2.75, 3.05) is 0 Å². The molecule has 0 heterocycles. The van der Waals surface area contributed by atoms with Crippen LogP contribution in [0.25, 0.3) is 0 Å². The second-order valence-corrected chi connectivity index (χ2v) is 6.07. The lowest BCUT2D eigenvalue weighted by atomic mass is 9.78. The molecule has 2 aliphatic rings. The minimum Gasteiger partial charge on any atom is -0.390 e. The van der Waals surface area contributed by atoms with Gasteiger partial charge in [-0.3, -0.25) is 0 Å². The fourth-order valence-corrected chi connectivity index (χ4v) is 3.18. The maximum atomic E-state index is 10.6. The van der Waals surface area contributed by atoms with Crippen LogP contribution in [-0.2, 0) is 0 Å². The van der Waals surface area contributed by atoms with E-state index in [0.29, 0.717) is 17.8 Å². The van der Waals surface area contributed by atoms with Gasteiger partial charge in [0.05, 0.1) is 5.60 Å². The summed E-state index contributed by atoms with van der Waals surface area (Å²) in [6.45, 7) is 8.75. The van der Waals surface area contributed by atoms with Gasteiger partial charge in [0.1, 0.15) is 0 Å². The van der Waals surface area contributed by atoms with Crippen molar-refractivity contribution in [2.45, 2.75) is 52.6 Å². The number of rotatable bonds is 1. The predicted octanol–water partition coefficient (Wildman–Crippen LogP) is 3.70. The van der Waals surface area contributed by atoms with Crippen molar-refractivity contribution < 1.29 is 5.11 Å². The van der Waals surface area contributed by atoms with E-state index in [1.165, 1.54) is 11.1 Å². The molecule has 1 N–H and O–H groups in total. The molecule has 0 fully saturated rings. The zero-order valence-electron chi connectivity index (χ0n) is 11.0. The quantitative estimate of drug-likeness (QED) is 0.668. The summed E-state index contributed by atoms with van der Waals surface area (Å²) in [4.78, 5) is 0. The fourth-order valence-electron chi connectivity index (χ4n) is 3.18. The Hall–Kier alpha value is -0.560. The third-order valence-corrected chi connectivity index (χ3v) is 4.51. The van der Waals surface area contributed by atoms with E-state index in [9.17, 15) is 5.11 Å². The zero-order valence-corrected chi connectivity index (χ0v) is 11.0. The molecule has 0 saturated heterocycles. The average Bonchev–Trinajstić information content (AvgIpc) is 2.47. The number of hydrogen-bond donors (Lipinski definition) is 1. The van der Waals surface area contributed by atoms with Gasteiger partial charge in [-0.25, -0.2) is 0 Å². The Kier molecular flexibility index (Phi) is 3.00. The fraction of sp³-hybridized carbons (Fsp3) is 0.733. The molecule has 0 spiro atoms. The first kappa shape index (κ1) is 11.9. The molecule has 0 aromatic carbocycles. The molecule has 0 unspecified atom stereocenters. The lowest BCUT2D eigenvalue weighted by Gasteiger charge is -2.32. The highest BCUT2D eigenvalue weighted by molar-refractivity contribution is 5.26. The van der Waals surface area contributed by atoms with Crippen molar-refractivity contribution in [3.05, 3.63) is 23.3 Å². The number of allylic oxidation sites excluding steroid dienone is 4. The van der Waals surface area contributed by atoms with E-state index in [-0.39, 0.29) is 0 Å². The SMILES string of the molecule is CC1=CC[C@@H]2[C@@H]1C=C(C(C)C)CC[C@@]2(C)O. The molecule has 3 atom stereocenters. The summed E-state index contributed by atoms with van der Waals surface area (Å²) in [6, 6.07) is 0. The van der Waals surface area contributed by atoms with E-state index >= 15 is 0 Å². The highest BCUT2D eigenvalue weighted by Crippen LogP contribution is 2.45. The van der Waals surface area contributed by atoms with Crippen molar-refractivity contribution in [2.24, 2.45) is 17.8 Å². The van der Waals surface area contributed by atoms with Crippen LogP contribution in [0.4, 0.5) is 0 Å². The summed E-state index contributed by atoms with van der Waals surface area (Å²) in [5.41, 5.74) is 2.49. The average molecular weight is 220 g/mol. The van der Waals surface area contributed by atoms with E-state index in [1.54, 1.807) is 0 Å². The topological polar surface area (TPSA) is 20.2 Å². The van der Waals surface area contributed by atoms with Crippen LogP contribution >= 0.6 is 0 Å². The van der Waals surface area contributed by atoms with Crippen molar-refractivity contribution in [3.8, 4) is 0 Å². The Labute approximate surface area is 99.3 Å². The van der Waals surface area contributed by atoms with Gasteiger partial charge in [-0.2, -0.15) is 0 Å². The summed E-state index contributed by atoms with van der Waals surface area (Å²) < 4.78 is 0. The molecule has 0 aromatic heterocycles. The Morgan fingerprint density at radius 1 is 1.44 bits per heavy atom. The lowest BCUT2D eigenvalue weighted by molar-refractivity contribution is -0.0123. The predicted molar refractivity (Wildman–Crippen MR) is 68.1 cm³/mol. The molecule has 16 heavy (non-hydrogen) atoms. The Morgan fingerprint density at radius 3 is 2.75 bits per heavy atom. The minimum absolute atomic E-state index is 0.406. The summed E-state index contributed by atoms with van der Waals surface area (Å²) >= 11 is 0. The summed E-state index contributed by atoms with van der Waals surface area (Å²) in [6.07, 6.45) is 7.77. The molecule has 2 aliphatic carbocycles. The molecule has 90 valence electrons. The van der Waals surface area contributed by atoms with Crippen LogP contribution in [0.3, 0.4) is 0 Å². The monoisotopic (exact) mass is 220 g/mol. The van der Waals surface area contributed by atoms with Crippen LogP contribution < -0.4 is 0 Å². The summed E-state index contributed by atoms with van der Waals surface area (Å²) in [5.74, 6) is 1.50. The minimum atomic E-state index is -0.494. The molecule has 2 rings (SSSR count). The van der Waals surface area contributed by atoms with E-state index in [2.05, 4.69) is 32.9 Å². The molecular formula is C15H24O. The van der Waals surface area contributed by atoms with Crippen molar-refractivity contribution in [1.29, 1.82) is 0 Å². The van der Waals surface area contributed by atoms with E-state index < -0.39 is 5.60 Å². The van der Waals surface area contributed by atoms with Gasteiger partial charge in [0, 0.05) is 11.8 Å². The molecular weight excluding hydrogens is 196 g/mol. The first-order valence-corrected chi connectivity index (χ1v) is 6.51. The first-order chi connectivity index (χ1) is 7.42.